The molecule has 90 valence electrons. The third kappa shape index (κ3) is 2.74. The summed E-state index contributed by atoms with van der Waals surface area (Å²) < 4.78 is 1.99. The first kappa shape index (κ1) is 11.9. The standard InChI is InChI=1S/C14H19N3/c1-2-6-14(9-15)17-11-13(10-16-17)12-7-4-3-5-8-12/h3-5,7-8,10-11,14H,2,6,9,15H2,1H3. The van der Waals surface area contributed by atoms with E-state index in [9.17, 15) is 0 Å². The normalized spacial score (nSPS) is 12.6. The molecule has 0 saturated carbocycles. The van der Waals surface area contributed by atoms with E-state index in [0.717, 1.165) is 18.4 Å². The Balaban J connectivity index is 2.21. The van der Waals surface area contributed by atoms with Crippen LogP contribution in [0.1, 0.15) is 25.8 Å². The fraction of sp³-hybridized carbons (Fsp3) is 0.357. The van der Waals surface area contributed by atoms with Gasteiger partial charge in [0.25, 0.3) is 0 Å². The second-order valence-electron chi connectivity index (χ2n) is 4.25. The smallest absolute Gasteiger partial charge is 0.0641 e. The van der Waals surface area contributed by atoms with Gasteiger partial charge in [-0.2, -0.15) is 5.10 Å². The molecule has 0 aliphatic carbocycles. The maximum absolute atomic E-state index is 5.78. The van der Waals surface area contributed by atoms with Gasteiger partial charge in [0, 0.05) is 18.3 Å². The van der Waals surface area contributed by atoms with E-state index >= 15 is 0 Å². The molecule has 17 heavy (non-hydrogen) atoms. The molecular weight excluding hydrogens is 210 g/mol. The molecular formula is C14H19N3. The number of nitrogens with two attached hydrogens (primary N) is 1. The molecule has 0 aliphatic heterocycles. The Bertz CT molecular complexity index is 448. The van der Waals surface area contributed by atoms with Crippen LogP contribution in [0, 0.1) is 0 Å². The van der Waals surface area contributed by atoms with Crippen LogP contribution in [0.4, 0.5) is 0 Å². The summed E-state index contributed by atoms with van der Waals surface area (Å²) in [4.78, 5) is 0. The Kier molecular flexibility index (Phi) is 3.94. The SMILES string of the molecule is CCCC(CN)n1cc(-c2ccccc2)cn1. The highest BCUT2D eigenvalue weighted by atomic mass is 15.3. The Morgan fingerprint density at radius 2 is 2.00 bits per heavy atom. The second-order valence-corrected chi connectivity index (χ2v) is 4.25. The Hall–Kier alpha value is -1.61. The van der Waals surface area contributed by atoms with Gasteiger partial charge in [-0.15, -0.1) is 0 Å². The zero-order chi connectivity index (χ0) is 12.1. The molecule has 1 heterocycles. The maximum atomic E-state index is 5.78. The number of nitrogens with zero attached hydrogens (tertiary/aromatic N) is 2. The molecule has 0 fully saturated rings. The number of hydrogen-bond donors (Lipinski definition) is 1. The van der Waals surface area contributed by atoms with Crippen molar-refractivity contribution in [2.45, 2.75) is 25.8 Å². The van der Waals surface area contributed by atoms with Crippen molar-refractivity contribution >= 4 is 0 Å². The number of aromatic nitrogens is 2. The van der Waals surface area contributed by atoms with Gasteiger partial charge < -0.3 is 5.73 Å². The lowest BCUT2D eigenvalue weighted by Crippen LogP contribution is -2.19. The number of hydrogen-bond acceptors (Lipinski definition) is 2. The summed E-state index contributed by atoms with van der Waals surface area (Å²) in [6, 6.07) is 10.6. The van der Waals surface area contributed by atoms with Gasteiger partial charge in [-0.3, -0.25) is 4.68 Å². The largest absolute Gasteiger partial charge is 0.328 e. The van der Waals surface area contributed by atoms with Crippen LogP contribution in [0.3, 0.4) is 0 Å². The predicted molar refractivity (Wildman–Crippen MR) is 70.7 cm³/mol. The van der Waals surface area contributed by atoms with Crippen molar-refractivity contribution < 1.29 is 0 Å². The summed E-state index contributed by atoms with van der Waals surface area (Å²) in [7, 11) is 0. The molecule has 0 saturated heterocycles. The Morgan fingerprint density at radius 3 is 2.65 bits per heavy atom. The third-order valence-electron chi connectivity index (χ3n) is 2.98. The van der Waals surface area contributed by atoms with Gasteiger partial charge in [0.1, 0.15) is 0 Å². The van der Waals surface area contributed by atoms with Crippen molar-refractivity contribution in [2.75, 3.05) is 6.54 Å². The maximum Gasteiger partial charge on any atom is 0.0641 e. The van der Waals surface area contributed by atoms with E-state index in [0.29, 0.717) is 12.6 Å². The highest BCUT2D eigenvalue weighted by molar-refractivity contribution is 5.61. The average molecular weight is 229 g/mol. The molecule has 0 aliphatic rings. The second kappa shape index (κ2) is 5.64. The molecule has 2 N–H and O–H groups in total. The van der Waals surface area contributed by atoms with Crippen LogP contribution >= 0.6 is 0 Å². The van der Waals surface area contributed by atoms with Crippen molar-refractivity contribution in [1.82, 2.24) is 9.78 Å². The van der Waals surface area contributed by atoms with Gasteiger partial charge in [0.05, 0.1) is 12.2 Å². The Labute approximate surface area is 102 Å². The summed E-state index contributed by atoms with van der Waals surface area (Å²) in [6.45, 7) is 2.81. The van der Waals surface area contributed by atoms with E-state index in [1.165, 1.54) is 5.56 Å². The van der Waals surface area contributed by atoms with E-state index in [1.807, 2.05) is 29.1 Å². The topological polar surface area (TPSA) is 43.8 Å². The minimum absolute atomic E-state index is 0.317. The lowest BCUT2D eigenvalue weighted by atomic mass is 10.1. The molecule has 2 aromatic rings. The van der Waals surface area contributed by atoms with E-state index in [-0.39, 0.29) is 0 Å². The summed E-state index contributed by atoms with van der Waals surface area (Å²) in [6.07, 6.45) is 6.20. The molecule has 1 aromatic heterocycles. The summed E-state index contributed by atoms with van der Waals surface area (Å²) >= 11 is 0. The van der Waals surface area contributed by atoms with Crippen LogP contribution in [0.25, 0.3) is 11.1 Å². The zero-order valence-corrected chi connectivity index (χ0v) is 10.2. The van der Waals surface area contributed by atoms with Crippen molar-refractivity contribution in [3.63, 3.8) is 0 Å². The molecule has 2 rings (SSSR count). The van der Waals surface area contributed by atoms with Gasteiger partial charge in [0.15, 0.2) is 0 Å². The highest BCUT2D eigenvalue weighted by Gasteiger charge is 2.09. The van der Waals surface area contributed by atoms with Crippen LogP contribution < -0.4 is 5.73 Å². The molecule has 3 nitrogen and oxygen atoms in total. The quantitative estimate of drug-likeness (QED) is 0.856. The minimum Gasteiger partial charge on any atom is -0.328 e. The third-order valence-corrected chi connectivity index (χ3v) is 2.98. The first-order valence-corrected chi connectivity index (χ1v) is 6.14. The van der Waals surface area contributed by atoms with Crippen molar-refractivity contribution in [2.24, 2.45) is 5.73 Å². The zero-order valence-electron chi connectivity index (χ0n) is 10.2. The minimum atomic E-state index is 0.317. The van der Waals surface area contributed by atoms with Crippen LogP contribution in [0.15, 0.2) is 42.7 Å². The fourth-order valence-corrected chi connectivity index (χ4v) is 2.01. The summed E-state index contributed by atoms with van der Waals surface area (Å²) in [5, 5.41) is 4.42. The van der Waals surface area contributed by atoms with E-state index in [1.54, 1.807) is 0 Å². The fourth-order valence-electron chi connectivity index (χ4n) is 2.01. The van der Waals surface area contributed by atoms with Gasteiger partial charge in [0.2, 0.25) is 0 Å². The molecule has 1 aromatic carbocycles. The van der Waals surface area contributed by atoms with Crippen molar-refractivity contribution in [3.05, 3.63) is 42.7 Å². The summed E-state index contributed by atoms with van der Waals surface area (Å²) in [5.74, 6) is 0. The number of benzene rings is 1. The lowest BCUT2D eigenvalue weighted by Gasteiger charge is -2.13. The van der Waals surface area contributed by atoms with Crippen LogP contribution in [-0.2, 0) is 0 Å². The van der Waals surface area contributed by atoms with Crippen LogP contribution in [0.5, 0.6) is 0 Å². The Morgan fingerprint density at radius 1 is 1.24 bits per heavy atom. The molecule has 0 bridgehead atoms. The van der Waals surface area contributed by atoms with Crippen LogP contribution in [0.2, 0.25) is 0 Å². The van der Waals surface area contributed by atoms with Gasteiger partial charge in [-0.05, 0) is 12.0 Å². The molecule has 0 radical (unpaired) electrons. The van der Waals surface area contributed by atoms with Crippen molar-refractivity contribution in [3.8, 4) is 11.1 Å². The first-order valence-electron chi connectivity index (χ1n) is 6.14. The van der Waals surface area contributed by atoms with E-state index in [4.69, 9.17) is 5.73 Å². The van der Waals surface area contributed by atoms with Gasteiger partial charge >= 0.3 is 0 Å². The molecule has 0 amide bonds. The van der Waals surface area contributed by atoms with Gasteiger partial charge in [-0.1, -0.05) is 43.7 Å². The lowest BCUT2D eigenvalue weighted by molar-refractivity contribution is 0.429. The van der Waals surface area contributed by atoms with Crippen molar-refractivity contribution in [1.29, 1.82) is 0 Å². The molecule has 3 heteroatoms. The molecule has 1 atom stereocenters. The highest BCUT2D eigenvalue weighted by Crippen LogP contribution is 2.20. The van der Waals surface area contributed by atoms with E-state index < -0.39 is 0 Å². The average Bonchev–Trinajstić information content (AvgIpc) is 2.86. The van der Waals surface area contributed by atoms with Crippen LogP contribution in [-0.4, -0.2) is 16.3 Å². The predicted octanol–water partition coefficient (Wildman–Crippen LogP) is 2.85. The molecule has 1 unspecified atom stereocenters. The van der Waals surface area contributed by atoms with E-state index in [2.05, 4.69) is 30.4 Å². The first-order chi connectivity index (χ1) is 8.35. The summed E-state index contributed by atoms with van der Waals surface area (Å²) in [5.41, 5.74) is 8.13. The van der Waals surface area contributed by atoms with Gasteiger partial charge in [-0.25, -0.2) is 0 Å². The number of rotatable bonds is 5. The monoisotopic (exact) mass is 229 g/mol. The molecule has 0 spiro atoms.